The Morgan fingerprint density at radius 2 is 2.09 bits per heavy atom. The Morgan fingerprint density at radius 3 is 2.45 bits per heavy atom. The number of nitrogens with one attached hydrogen (secondary N) is 1. The highest BCUT2D eigenvalue weighted by Gasteiger charge is 2.41. The lowest BCUT2D eigenvalue weighted by Crippen LogP contribution is -2.29. The summed E-state index contributed by atoms with van der Waals surface area (Å²) in [4.78, 5) is 0. The van der Waals surface area contributed by atoms with E-state index in [9.17, 15) is 0 Å². The molecule has 0 amide bonds. The standard InChI is InChI=1S/C9H19NO/c1-8(2)5-10-6-9(7-11)3-4-9/h8,10-11H,3-7H2,1-2H3. The van der Waals surface area contributed by atoms with Crippen molar-refractivity contribution in [3.05, 3.63) is 0 Å². The van der Waals surface area contributed by atoms with E-state index in [1.807, 2.05) is 0 Å². The Labute approximate surface area is 69.0 Å². The summed E-state index contributed by atoms with van der Waals surface area (Å²) in [5.74, 6) is 0.712. The van der Waals surface area contributed by atoms with Crippen LogP contribution in [0.5, 0.6) is 0 Å². The zero-order valence-electron chi connectivity index (χ0n) is 7.56. The highest BCUT2D eigenvalue weighted by molar-refractivity contribution is 4.94. The van der Waals surface area contributed by atoms with Gasteiger partial charge in [-0.3, -0.25) is 0 Å². The van der Waals surface area contributed by atoms with E-state index < -0.39 is 0 Å². The van der Waals surface area contributed by atoms with Crippen LogP contribution in [0.1, 0.15) is 26.7 Å². The van der Waals surface area contributed by atoms with Crippen molar-refractivity contribution in [1.82, 2.24) is 5.32 Å². The van der Waals surface area contributed by atoms with Crippen LogP contribution in [-0.2, 0) is 0 Å². The summed E-state index contributed by atoms with van der Waals surface area (Å²) in [6.45, 7) is 6.83. The molecule has 0 spiro atoms. The van der Waals surface area contributed by atoms with Crippen LogP contribution < -0.4 is 5.32 Å². The van der Waals surface area contributed by atoms with Crippen molar-refractivity contribution in [2.75, 3.05) is 19.7 Å². The molecule has 0 saturated heterocycles. The fourth-order valence-corrected chi connectivity index (χ4v) is 1.19. The third-order valence-corrected chi connectivity index (χ3v) is 2.35. The molecule has 0 heterocycles. The predicted octanol–water partition coefficient (Wildman–Crippen LogP) is 1.00. The summed E-state index contributed by atoms with van der Waals surface area (Å²) >= 11 is 0. The van der Waals surface area contributed by atoms with Crippen LogP contribution in [0, 0.1) is 11.3 Å². The van der Waals surface area contributed by atoms with Crippen LogP contribution in [0.15, 0.2) is 0 Å². The van der Waals surface area contributed by atoms with E-state index in [2.05, 4.69) is 19.2 Å². The number of hydrogen-bond acceptors (Lipinski definition) is 2. The van der Waals surface area contributed by atoms with Crippen molar-refractivity contribution >= 4 is 0 Å². The van der Waals surface area contributed by atoms with Gasteiger partial charge in [0.15, 0.2) is 0 Å². The molecule has 0 aromatic rings. The van der Waals surface area contributed by atoms with Crippen molar-refractivity contribution in [3.8, 4) is 0 Å². The van der Waals surface area contributed by atoms with Crippen molar-refractivity contribution < 1.29 is 5.11 Å². The largest absolute Gasteiger partial charge is 0.396 e. The van der Waals surface area contributed by atoms with E-state index in [1.54, 1.807) is 0 Å². The number of aliphatic hydroxyl groups excluding tert-OH is 1. The van der Waals surface area contributed by atoms with Crippen molar-refractivity contribution in [2.24, 2.45) is 11.3 Å². The minimum atomic E-state index is 0.273. The fraction of sp³-hybridized carbons (Fsp3) is 1.00. The first-order chi connectivity index (χ1) is 5.18. The summed E-state index contributed by atoms with van der Waals surface area (Å²) in [5.41, 5.74) is 0.273. The second-order valence-corrected chi connectivity index (χ2v) is 4.18. The Kier molecular flexibility index (Phi) is 2.90. The predicted molar refractivity (Wildman–Crippen MR) is 46.5 cm³/mol. The Balaban J connectivity index is 2.03. The van der Waals surface area contributed by atoms with Crippen LogP contribution in [0.3, 0.4) is 0 Å². The minimum absolute atomic E-state index is 0.273. The zero-order chi connectivity index (χ0) is 8.32. The van der Waals surface area contributed by atoms with Crippen LogP contribution in [-0.4, -0.2) is 24.8 Å². The molecular weight excluding hydrogens is 138 g/mol. The molecule has 1 saturated carbocycles. The van der Waals surface area contributed by atoms with Gasteiger partial charge in [-0.05, 0) is 25.3 Å². The fourth-order valence-electron chi connectivity index (χ4n) is 1.19. The van der Waals surface area contributed by atoms with Gasteiger partial charge < -0.3 is 10.4 Å². The van der Waals surface area contributed by atoms with Crippen LogP contribution >= 0.6 is 0 Å². The molecule has 0 aromatic heterocycles. The topological polar surface area (TPSA) is 32.3 Å². The molecule has 0 radical (unpaired) electrons. The molecule has 66 valence electrons. The van der Waals surface area contributed by atoms with Gasteiger partial charge in [-0.2, -0.15) is 0 Å². The summed E-state index contributed by atoms with van der Waals surface area (Å²) in [7, 11) is 0. The molecule has 1 rings (SSSR count). The first-order valence-electron chi connectivity index (χ1n) is 4.50. The number of aliphatic hydroxyl groups is 1. The lowest BCUT2D eigenvalue weighted by molar-refractivity contribution is 0.207. The van der Waals surface area contributed by atoms with Crippen LogP contribution in [0.2, 0.25) is 0 Å². The third-order valence-electron chi connectivity index (χ3n) is 2.35. The van der Waals surface area contributed by atoms with Gasteiger partial charge in [-0.15, -0.1) is 0 Å². The molecule has 2 nitrogen and oxygen atoms in total. The Morgan fingerprint density at radius 1 is 1.45 bits per heavy atom. The average Bonchev–Trinajstić information content (AvgIpc) is 2.69. The van der Waals surface area contributed by atoms with Gasteiger partial charge in [0, 0.05) is 18.6 Å². The van der Waals surface area contributed by atoms with Crippen molar-refractivity contribution in [1.29, 1.82) is 0 Å². The lowest BCUT2D eigenvalue weighted by Gasteiger charge is -2.13. The second-order valence-electron chi connectivity index (χ2n) is 4.18. The van der Waals surface area contributed by atoms with E-state index in [4.69, 9.17) is 5.11 Å². The molecule has 11 heavy (non-hydrogen) atoms. The van der Waals surface area contributed by atoms with Gasteiger partial charge in [0.1, 0.15) is 0 Å². The van der Waals surface area contributed by atoms with Crippen LogP contribution in [0.25, 0.3) is 0 Å². The summed E-state index contributed by atoms with van der Waals surface area (Å²) in [6, 6.07) is 0. The number of hydrogen-bond donors (Lipinski definition) is 2. The Bertz CT molecular complexity index is 119. The van der Waals surface area contributed by atoms with Crippen LogP contribution in [0.4, 0.5) is 0 Å². The Hall–Kier alpha value is -0.0800. The van der Waals surface area contributed by atoms with E-state index in [0.29, 0.717) is 12.5 Å². The first-order valence-corrected chi connectivity index (χ1v) is 4.50. The third kappa shape index (κ3) is 2.80. The van der Waals surface area contributed by atoms with Gasteiger partial charge in [-0.1, -0.05) is 13.8 Å². The highest BCUT2D eigenvalue weighted by atomic mass is 16.3. The molecule has 1 aliphatic rings. The van der Waals surface area contributed by atoms with E-state index in [0.717, 1.165) is 13.1 Å². The maximum Gasteiger partial charge on any atom is 0.0499 e. The zero-order valence-corrected chi connectivity index (χ0v) is 7.56. The van der Waals surface area contributed by atoms with Gasteiger partial charge >= 0.3 is 0 Å². The number of rotatable bonds is 5. The lowest BCUT2D eigenvalue weighted by atomic mass is 10.1. The normalized spacial score (nSPS) is 20.7. The smallest absolute Gasteiger partial charge is 0.0499 e. The van der Waals surface area contributed by atoms with Crippen molar-refractivity contribution in [3.63, 3.8) is 0 Å². The molecule has 0 bridgehead atoms. The maximum absolute atomic E-state index is 8.98. The highest BCUT2D eigenvalue weighted by Crippen LogP contribution is 2.44. The molecule has 2 heteroatoms. The van der Waals surface area contributed by atoms with Crippen molar-refractivity contribution in [2.45, 2.75) is 26.7 Å². The minimum Gasteiger partial charge on any atom is -0.396 e. The molecule has 1 aliphatic carbocycles. The maximum atomic E-state index is 8.98. The van der Waals surface area contributed by atoms with Gasteiger partial charge in [0.05, 0.1) is 0 Å². The molecule has 0 aromatic carbocycles. The van der Waals surface area contributed by atoms with Gasteiger partial charge in [0.25, 0.3) is 0 Å². The van der Waals surface area contributed by atoms with E-state index >= 15 is 0 Å². The molecule has 0 aliphatic heterocycles. The molecule has 2 N–H and O–H groups in total. The monoisotopic (exact) mass is 157 g/mol. The first kappa shape index (κ1) is 9.01. The quantitative estimate of drug-likeness (QED) is 0.624. The molecule has 1 fully saturated rings. The van der Waals surface area contributed by atoms with Gasteiger partial charge in [0.2, 0.25) is 0 Å². The summed E-state index contributed by atoms with van der Waals surface area (Å²) in [6.07, 6.45) is 2.41. The molecular formula is C9H19NO. The molecule has 0 atom stereocenters. The summed E-state index contributed by atoms with van der Waals surface area (Å²) in [5, 5.41) is 12.4. The molecule has 0 unspecified atom stereocenters. The summed E-state index contributed by atoms with van der Waals surface area (Å²) < 4.78 is 0. The second kappa shape index (κ2) is 3.55. The van der Waals surface area contributed by atoms with E-state index in [1.165, 1.54) is 12.8 Å². The average molecular weight is 157 g/mol. The van der Waals surface area contributed by atoms with Gasteiger partial charge in [-0.25, -0.2) is 0 Å². The SMILES string of the molecule is CC(C)CNCC1(CO)CC1. The van der Waals surface area contributed by atoms with E-state index in [-0.39, 0.29) is 5.41 Å².